The van der Waals surface area contributed by atoms with Crippen molar-refractivity contribution in [2.75, 3.05) is 0 Å². The van der Waals surface area contributed by atoms with E-state index in [4.69, 9.17) is 24.3 Å². The van der Waals surface area contributed by atoms with Gasteiger partial charge in [0.2, 0.25) is 0 Å². The monoisotopic (exact) mass is 858 g/mol. The molecule has 9 aromatic rings. The first-order chi connectivity index (χ1) is 29.2. The highest BCUT2D eigenvalue weighted by Gasteiger charge is 2.16. The topological polar surface area (TPSA) is 218 Å². The first-order valence-electron chi connectivity index (χ1n) is 17.5. The molecule has 17 nitrogen and oxygen atoms in total. The Balaban J connectivity index is 0.893. The van der Waals surface area contributed by atoms with E-state index in [1.807, 2.05) is 84.9 Å². The molecule has 0 saturated carbocycles. The summed E-state index contributed by atoms with van der Waals surface area (Å²) in [5.74, 6) is 0. The van der Waals surface area contributed by atoms with E-state index >= 15 is 0 Å². The largest absolute Gasteiger partial charge is 0.294 e. The Kier molecular flexibility index (Phi) is 10.9. The molecule has 60 heavy (non-hydrogen) atoms. The maximum Gasteiger partial charge on any atom is 0.294 e. The molecule has 0 saturated heterocycles. The third kappa shape index (κ3) is 8.10. The number of azo groups is 1. The number of hydrogen-bond donors (Lipinski definition) is 3. The Morgan fingerprint density at radius 3 is 1.93 bits per heavy atom. The van der Waals surface area contributed by atoms with Crippen LogP contribution in [0, 0.1) is 0 Å². The summed E-state index contributed by atoms with van der Waals surface area (Å²) in [6.07, 6.45) is 3.80. The van der Waals surface area contributed by atoms with Crippen LogP contribution in [-0.2, 0) is 28.9 Å². The Morgan fingerprint density at radius 1 is 0.583 bits per heavy atom. The Morgan fingerprint density at radius 2 is 1.22 bits per heavy atom. The number of hydrogen-bond acceptors (Lipinski definition) is 16. The molecule has 0 radical (unpaired) electrons. The number of fused-ring (bicyclic) bond motifs is 6. The molecule has 0 aliphatic rings. The lowest BCUT2D eigenvalue weighted by Crippen LogP contribution is -1.99. The summed E-state index contributed by atoms with van der Waals surface area (Å²) in [5.41, 5.74) is 6.66. The number of aromatic nitrogens is 6. The molecule has 9 rings (SSSR count). The van der Waals surface area contributed by atoms with Gasteiger partial charge in [0.15, 0.2) is 0 Å². The van der Waals surface area contributed by atoms with Gasteiger partial charge in [-0.05, 0) is 89.3 Å². The predicted octanol–water partition coefficient (Wildman–Crippen LogP) is 10.1. The minimum absolute atomic E-state index is 0.192. The quantitative estimate of drug-likeness (QED) is 0.0245. The first kappa shape index (κ1) is 39.1. The smallest absolute Gasteiger partial charge is 0.282 e. The molecule has 0 unspecified atom stereocenters. The molecule has 0 bridgehead atoms. The summed E-state index contributed by atoms with van der Waals surface area (Å²) < 4.78 is 42.1. The Labute approximate surface area is 347 Å². The summed E-state index contributed by atoms with van der Waals surface area (Å²) in [6.45, 7) is 0. The van der Waals surface area contributed by atoms with Crippen molar-refractivity contribution in [1.82, 2.24) is 30.0 Å². The minimum Gasteiger partial charge on any atom is -0.282 e. The molecule has 0 atom stereocenters. The number of rotatable bonds is 13. The first-order valence-corrected chi connectivity index (χ1v) is 20.5. The van der Waals surface area contributed by atoms with Gasteiger partial charge in [-0.25, -0.2) is 10.5 Å². The summed E-state index contributed by atoms with van der Waals surface area (Å²) in [6, 6.07) is 37.4. The van der Waals surface area contributed by atoms with Gasteiger partial charge in [0.1, 0.15) is 22.1 Å². The SMILES string of the molecule is O=S(=O)(O)c1ccc2c(ccc3nn(-c4ccc(N=Nc5ccc(C=Cc6ccc(-n7nc8cc(SOOO)c9ccccc9c8n7)cc6SOOO)cc5)cc4)nc32)c1. The van der Waals surface area contributed by atoms with Crippen molar-refractivity contribution in [3.05, 3.63) is 139 Å². The molecule has 2 aromatic heterocycles. The highest BCUT2D eigenvalue weighted by Crippen LogP contribution is 2.35. The zero-order valence-corrected chi connectivity index (χ0v) is 32.8. The fourth-order valence-corrected chi connectivity index (χ4v) is 7.98. The molecule has 7 aromatic carbocycles. The average molecular weight is 859 g/mol. The standard InChI is InChI=1S/C40H26N8O9S3/c49-54-56-58-37-22-30(48-44-36-23-38(59-57-55-50)33-3-1-2-4-34(33)40(36)46-48)15-9-25(37)8-5-24-6-11-27(12-7-24)41-42-28-13-16-29(17-14-28)47-43-35-20-10-26-21-31(60(51,52)53)18-19-32(26)39(35)45-47/h1-23,49-50H,(H,51,52,53). The highest BCUT2D eigenvalue weighted by molar-refractivity contribution is 7.95. The summed E-state index contributed by atoms with van der Waals surface area (Å²) in [4.78, 5) is 4.06. The van der Waals surface area contributed by atoms with Crippen LogP contribution < -0.4 is 0 Å². The number of nitrogens with zero attached hydrogens (tertiary/aromatic N) is 8. The van der Waals surface area contributed by atoms with Gasteiger partial charge in [-0.1, -0.05) is 76.8 Å². The summed E-state index contributed by atoms with van der Waals surface area (Å²) >= 11 is 1.66. The average Bonchev–Trinajstić information content (AvgIpc) is 3.92. The van der Waals surface area contributed by atoms with E-state index in [1.54, 1.807) is 42.5 Å². The normalized spacial score (nSPS) is 12.3. The lowest BCUT2D eigenvalue weighted by molar-refractivity contribution is -0.432. The van der Waals surface area contributed by atoms with Crippen molar-refractivity contribution < 1.29 is 42.2 Å². The lowest BCUT2D eigenvalue weighted by Gasteiger charge is -2.07. The van der Waals surface area contributed by atoms with Crippen LogP contribution in [0.1, 0.15) is 11.1 Å². The van der Waals surface area contributed by atoms with E-state index in [0.29, 0.717) is 65.4 Å². The van der Waals surface area contributed by atoms with Gasteiger partial charge in [0.25, 0.3) is 10.1 Å². The van der Waals surface area contributed by atoms with Gasteiger partial charge >= 0.3 is 0 Å². The second-order valence-electron chi connectivity index (χ2n) is 12.9. The lowest BCUT2D eigenvalue weighted by atomic mass is 10.1. The zero-order valence-electron chi connectivity index (χ0n) is 30.4. The second-order valence-corrected chi connectivity index (χ2v) is 15.8. The van der Waals surface area contributed by atoms with Crippen LogP contribution in [0.25, 0.3) is 67.1 Å². The molecule has 20 heteroatoms. The van der Waals surface area contributed by atoms with Crippen molar-refractivity contribution in [3.8, 4) is 11.4 Å². The van der Waals surface area contributed by atoms with Crippen LogP contribution >= 0.6 is 24.1 Å². The fourth-order valence-electron chi connectivity index (χ4n) is 6.43. The van der Waals surface area contributed by atoms with Crippen molar-refractivity contribution >= 4 is 101 Å². The van der Waals surface area contributed by atoms with Crippen LogP contribution in [0.2, 0.25) is 0 Å². The Hall–Kier alpha value is -6.43. The molecule has 0 amide bonds. The molecule has 0 aliphatic carbocycles. The van der Waals surface area contributed by atoms with Gasteiger partial charge in [0.05, 0.1) is 51.7 Å². The minimum atomic E-state index is -4.33. The van der Waals surface area contributed by atoms with Crippen molar-refractivity contribution in [1.29, 1.82) is 0 Å². The highest BCUT2D eigenvalue weighted by atomic mass is 32.2. The zero-order chi connectivity index (χ0) is 41.2. The van der Waals surface area contributed by atoms with Crippen LogP contribution in [0.15, 0.2) is 152 Å². The van der Waals surface area contributed by atoms with E-state index in [2.05, 4.69) is 35.6 Å². The molecule has 3 N–H and O–H groups in total. The van der Waals surface area contributed by atoms with Gasteiger partial charge in [-0.3, -0.25) is 4.55 Å². The van der Waals surface area contributed by atoms with Crippen molar-refractivity contribution in [2.24, 2.45) is 10.2 Å². The van der Waals surface area contributed by atoms with Gasteiger partial charge in [-0.2, -0.15) is 28.2 Å². The maximum atomic E-state index is 11.6. The van der Waals surface area contributed by atoms with Crippen LogP contribution in [0.3, 0.4) is 0 Å². The summed E-state index contributed by atoms with van der Waals surface area (Å²) in [5, 5.41) is 55.6. The van der Waals surface area contributed by atoms with E-state index in [9.17, 15) is 13.0 Å². The van der Waals surface area contributed by atoms with Gasteiger partial charge < -0.3 is 0 Å². The van der Waals surface area contributed by atoms with Crippen molar-refractivity contribution in [3.63, 3.8) is 0 Å². The fraction of sp³-hybridized carbons (Fsp3) is 0. The summed E-state index contributed by atoms with van der Waals surface area (Å²) in [7, 11) is -4.33. The third-order valence-corrected chi connectivity index (χ3v) is 11.4. The third-order valence-electron chi connectivity index (χ3n) is 9.24. The van der Waals surface area contributed by atoms with Gasteiger partial charge in [-0.15, -0.1) is 29.1 Å². The predicted molar refractivity (Wildman–Crippen MR) is 223 cm³/mol. The van der Waals surface area contributed by atoms with Crippen molar-refractivity contribution in [2.45, 2.75) is 14.7 Å². The molecule has 0 aliphatic heterocycles. The van der Waals surface area contributed by atoms with Crippen LogP contribution in [-0.4, -0.2) is 53.5 Å². The molecular weight excluding hydrogens is 833 g/mol. The van der Waals surface area contributed by atoms with Crippen LogP contribution in [0.5, 0.6) is 0 Å². The molecule has 298 valence electrons. The maximum absolute atomic E-state index is 11.6. The van der Waals surface area contributed by atoms with E-state index in [1.165, 1.54) is 21.7 Å². The van der Waals surface area contributed by atoms with Gasteiger partial charge in [0, 0.05) is 25.9 Å². The number of benzene rings is 7. The second kappa shape index (κ2) is 16.7. The molecular formula is C40H26N8O9S3. The van der Waals surface area contributed by atoms with E-state index in [-0.39, 0.29) is 4.90 Å². The van der Waals surface area contributed by atoms with Crippen LogP contribution in [0.4, 0.5) is 11.4 Å². The van der Waals surface area contributed by atoms with E-state index in [0.717, 1.165) is 46.0 Å². The molecule has 0 fully saturated rings. The van der Waals surface area contributed by atoms with E-state index < -0.39 is 10.1 Å². The Bertz CT molecular complexity index is 3230. The molecule has 0 spiro atoms. The molecule has 2 heterocycles.